The summed E-state index contributed by atoms with van der Waals surface area (Å²) < 4.78 is 12.9. The zero-order valence-corrected chi connectivity index (χ0v) is 6.21. The summed E-state index contributed by atoms with van der Waals surface area (Å²) in [6.45, 7) is 1.68. The highest BCUT2D eigenvalue weighted by molar-refractivity contribution is 5.25. The quantitative estimate of drug-likeness (QED) is 0.601. The smallest absolute Gasteiger partial charge is 0.127 e. The van der Waals surface area contributed by atoms with Crippen LogP contribution in [0.3, 0.4) is 0 Å². The molecule has 0 aliphatic rings. The van der Waals surface area contributed by atoms with Gasteiger partial charge in [-0.25, -0.2) is 4.39 Å². The number of hydrogen-bond donors (Lipinski definition) is 0. The molecule has 0 aliphatic carbocycles. The van der Waals surface area contributed by atoms with E-state index in [1.54, 1.807) is 25.1 Å². The molecular formula is C9H8FN. The van der Waals surface area contributed by atoms with Gasteiger partial charge in [0.15, 0.2) is 0 Å². The molecule has 1 atom stereocenters. The molecule has 0 aromatic heterocycles. The van der Waals surface area contributed by atoms with Gasteiger partial charge in [0.25, 0.3) is 0 Å². The fourth-order valence-electron chi connectivity index (χ4n) is 0.896. The van der Waals surface area contributed by atoms with E-state index in [-0.39, 0.29) is 11.7 Å². The van der Waals surface area contributed by atoms with Gasteiger partial charge < -0.3 is 0 Å². The van der Waals surface area contributed by atoms with Gasteiger partial charge in [-0.2, -0.15) is 5.26 Å². The van der Waals surface area contributed by atoms with E-state index < -0.39 is 0 Å². The molecule has 56 valence electrons. The predicted molar refractivity (Wildman–Crippen MR) is 40.4 cm³/mol. The molecule has 11 heavy (non-hydrogen) atoms. The molecule has 0 N–H and O–H groups in total. The van der Waals surface area contributed by atoms with Gasteiger partial charge >= 0.3 is 0 Å². The van der Waals surface area contributed by atoms with Crippen molar-refractivity contribution in [2.45, 2.75) is 12.8 Å². The molecule has 2 heteroatoms. The second-order valence-corrected chi connectivity index (χ2v) is 2.37. The Bertz CT molecular complexity index is 288. The van der Waals surface area contributed by atoms with Crippen molar-refractivity contribution in [2.75, 3.05) is 0 Å². The summed E-state index contributed by atoms with van der Waals surface area (Å²) in [5.74, 6) is -0.669. The lowest BCUT2D eigenvalue weighted by atomic mass is 10.0. The van der Waals surface area contributed by atoms with E-state index in [2.05, 4.69) is 0 Å². The van der Waals surface area contributed by atoms with Crippen LogP contribution in [-0.4, -0.2) is 0 Å². The maximum absolute atomic E-state index is 12.9. The van der Waals surface area contributed by atoms with Gasteiger partial charge in [-0.1, -0.05) is 18.2 Å². The number of rotatable bonds is 1. The summed E-state index contributed by atoms with van der Waals surface area (Å²) >= 11 is 0. The topological polar surface area (TPSA) is 23.8 Å². The molecule has 0 amide bonds. The van der Waals surface area contributed by atoms with E-state index in [0.29, 0.717) is 5.56 Å². The second kappa shape index (κ2) is 3.16. The Morgan fingerprint density at radius 2 is 2.09 bits per heavy atom. The van der Waals surface area contributed by atoms with Crippen LogP contribution in [0.5, 0.6) is 0 Å². The Labute approximate surface area is 65.1 Å². The number of benzene rings is 1. The lowest BCUT2D eigenvalue weighted by Crippen LogP contribution is -1.92. The zero-order valence-electron chi connectivity index (χ0n) is 6.21. The Morgan fingerprint density at radius 3 is 2.64 bits per heavy atom. The second-order valence-electron chi connectivity index (χ2n) is 2.37. The molecule has 0 bridgehead atoms. The minimum absolute atomic E-state index is 0.304. The minimum Gasteiger partial charge on any atom is -0.207 e. The third-order valence-corrected chi connectivity index (χ3v) is 1.57. The van der Waals surface area contributed by atoms with Gasteiger partial charge in [-0.15, -0.1) is 0 Å². The highest BCUT2D eigenvalue weighted by Gasteiger charge is 2.07. The molecule has 0 aliphatic heterocycles. The highest BCUT2D eigenvalue weighted by Crippen LogP contribution is 2.16. The summed E-state index contributed by atoms with van der Waals surface area (Å²) in [5, 5.41) is 8.50. The van der Waals surface area contributed by atoms with Crippen molar-refractivity contribution in [3.8, 4) is 6.07 Å². The predicted octanol–water partition coefficient (Wildman–Crippen LogP) is 2.45. The molecule has 0 heterocycles. The van der Waals surface area contributed by atoms with Crippen LogP contribution in [0.1, 0.15) is 18.4 Å². The van der Waals surface area contributed by atoms with Gasteiger partial charge in [-0.05, 0) is 13.0 Å². The normalized spacial score (nSPS) is 12.1. The average Bonchev–Trinajstić information content (AvgIpc) is 2.04. The lowest BCUT2D eigenvalue weighted by Gasteiger charge is -2.02. The van der Waals surface area contributed by atoms with Crippen LogP contribution in [0.4, 0.5) is 4.39 Å². The standard InChI is InChI=1S/C9H8FN/c1-7(6-11)8-4-2-3-5-9(8)10/h2-5,7H,1H3. The molecule has 0 fully saturated rings. The van der Waals surface area contributed by atoms with Crippen molar-refractivity contribution >= 4 is 0 Å². The van der Waals surface area contributed by atoms with E-state index in [4.69, 9.17) is 5.26 Å². The summed E-state index contributed by atoms with van der Waals surface area (Å²) in [6, 6.07) is 8.32. The molecule has 0 saturated carbocycles. The van der Waals surface area contributed by atoms with Crippen molar-refractivity contribution in [1.82, 2.24) is 0 Å². The SMILES string of the molecule is CC(C#N)c1ccccc1F. The molecular weight excluding hydrogens is 141 g/mol. The summed E-state index contributed by atoms with van der Waals surface area (Å²) in [4.78, 5) is 0. The van der Waals surface area contributed by atoms with Crippen LogP contribution in [0.2, 0.25) is 0 Å². The molecule has 1 aromatic carbocycles. The van der Waals surface area contributed by atoms with E-state index >= 15 is 0 Å². The van der Waals surface area contributed by atoms with Gasteiger partial charge in [0.2, 0.25) is 0 Å². The number of nitrogens with zero attached hydrogens (tertiary/aromatic N) is 1. The van der Waals surface area contributed by atoms with Crippen LogP contribution in [0, 0.1) is 17.1 Å². The largest absolute Gasteiger partial charge is 0.207 e. The molecule has 0 spiro atoms. The summed E-state index contributed by atoms with van der Waals surface area (Å²) in [5.41, 5.74) is 0.468. The van der Waals surface area contributed by atoms with E-state index in [0.717, 1.165) is 0 Å². The van der Waals surface area contributed by atoms with Crippen LogP contribution in [0.15, 0.2) is 24.3 Å². The van der Waals surface area contributed by atoms with Gasteiger partial charge in [0, 0.05) is 5.56 Å². The Morgan fingerprint density at radius 1 is 1.45 bits per heavy atom. The van der Waals surface area contributed by atoms with Crippen LogP contribution >= 0.6 is 0 Å². The van der Waals surface area contributed by atoms with Crippen molar-refractivity contribution in [2.24, 2.45) is 0 Å². The lowest BCUT2D eigenvalue weighted by molar-refractivity contribution is 0.606. The maximum atomic E-state index is 12.9. The van der Waals surface area contributed by atoms with Crippen molar-refractivity contribution in [1.29, 1.82) is 5.26 Å². The summed E-state index contributed by atoms with van der Waals surface area (Å²) in [6.07, 6.45) is 0. The number of nitriles is 1. The number of halogens is 1. The third kappa shape index (κ3) is 1.56. The van der Waals surface area contributed by atoms with Crippen LogP contribution in [0.25, 0.3) is 0 Å². The molecule has 0 saturated heterocycles. The van der Waals surface area contributed by atoms with Crippen LogP contribution in [-0.2, 0) is 0 Å². The van der Waals surface area contributed by atoms with E-state index in [1.807, 2.05) is 6.07 Å². The van der Waals surface area contributed by atoms with Crippen LogP contribution < -0.4 is 0 Å². The Hall–Kier alpha value is -1.36. The summed E-state index contributed by atoms with van der Waals surface area (Å²) in [7, 11) is 0. The fourth-order valence-corrected chi connectivity index (χ4v) is 0.896. The first kappa shape index (κ1) is 7.74. The van der Waals surface area contributed by atoms with Gasteiger partial charge in [0.05, 0.1) is 12.0 Å². The maximum Gasteiger partial charge on any atom is 0.127 e. The molecule has 1 aromatic rings. The van der Waals surface area contributed by atoms with Crippen molar-refractivity contribution in [3.63, 3.8) is 0 Å². The average molecular weight is 149 g/mol. The van der Waals surface area contributed by atoms with Crippen molar-refractivity contribution < 1.29 is 4.39 Å². The third-order valence-electron chi connectivity index (χ3n) is 1.57. The monoisotopic (exact) mass is 149 g/mol. The first-order valence-corrected chi connectivity index (χ1v) is 3.39. The first-order chi connectivity index (χ1) is 5.25. The Kier molecular flexibility index (Phi) is 2.22. The zero-order chi connectivity index (χ0) is 8.27. The van der Waals surface area contributed by atoms with E-state index in [9.17, 15) is 4.39 Å². The molecule has 1 rings (SSSR count). The minimum atomic E-state index is -0.365. The number of hydrogen-bond acceptors (Lipinski definition) is 1. The highest BCUT2D eigenvalue weighted by atomic mass is 19.1. The molecule has 1 nitrogen and oxygen atoms in total. The molecule has 0 radical (unpaired) electrons. The van der Waals surface area contributed by atoms with Gasteiger partial charge in [0.1, 0.15) is 5.82 Å². The van der Waals surface area contributed by atoms with E-state index in [1.165, 1.54) is 6.07 Å². The van der Waals surface area contributed by atoms with Gasteiger partial charge in [-0.3, -0.25) is 0 Å². The first-order valence-electron chi connectivity index (χ1n) is 3.39. The van der Waals surface area contributed by atoms with Crippen molar-refractivity contribution in [3.05, 3.63) is 35.6 Å². The molecule has 1 unspecified atom stereocenters. The Balaban J connectivity index is 3.05. The fraction of sp³-hybridized carbons (Fsp3) is 0.222.